The van der Waals surface area contributed by atoms with Crippen molar-refractivity contribution in [2.24, 2.45) is 0 Å². The summed E-state index contributed by atoms with van der Waals surface area (Å²) >= 11 is 0. The van der Waals surface area contributed by atoms with Gasteiger partial charge < -0.3 is 14.4 Å². The highest BCUT2D eigenvalue weighted by Gasteiger charge is 2.34. The number of nitrogens with one attached hydrogen (secondary N) is 1. The van der Waals surface area contributed by atoms with E-state index in [1.165, 1.54) is 47.4 Å². The second-order valence-electron chi connectivity index (χ2n) is 7.83. The van der Waals surface area contributed by atoms with E-state index in [0.717, 1.165) is 30.3 Å². The summed E-state index contributed by atoms with van der Waals surface area (Å²) in [5.41, 5.74) is -0.726. The molecular formula is C24H22F4N2O4S. The van der Waals surface area contributed by atoms with E-state index in [0.29, 0.717) is 5.56 Å². The Bertz CT molecular complexity index is 1280. The molecule has 0 aromatic heterocycles. The number of carbonyl (C=O) groups excluding carboxylic acids is 1. The van der Waals surface area contributed by atoms with Gasteiger partial charge in [0.25, 0.3) is 0 Å². The van der Waals surface area contributed by atoms with Gasteiger partial charge in [-0.25, -0.2) is 9.18 Å². The lowest BCUT2D eigenvalue weighted by molar-refractivity contribution is -0.136. The van der Waals surface area contributed by atoms with E-state index in [-0.39, 0.29) is 28.9 Å². The topological polar surface area (TPSA) is 75.7 Å². The second-order valence-corrected chi connectivity index (χ2v) is 9.38. The maximum absolute atomic E-state index is 13.3. The number of para-hydroxylation sites is 1. The van der Waals surface area contributed by atoms with Gasteiger partial charge in [0.05, 0.1) is 11.3 Å². The van der Waals surface area contributed by atoms with Crippen LogP contribution in [0.2, 0.25) is 0 Å². The van der Waals surface area contributed by atoms with Crippen LogP contribution in [0.4, 0.5) is 28.0 Å². The van der Waals surface area contributed by atoms with Crippen molar-refractivity contribution in [3.05, 3.63) is 89.7 Å². The highest BCUT2D eigenvalue weighted by molar-refractivity contribution is 7.87. The quantitative estimate of drug-likeness (QED) is 0.310. The number of hydrogen-bond acceptors (Lipinski definition) is 4. The Balaban J connectivity index is 1.72. The van der Waals surface area contributed by atoms with Gasteiger partial charge in [0.15, 0.2) is 0 Å². The summed E-state index contributed by atoms with van der Waals surface area (Å²) in [5, 5.41) is 2.32. The van der Waals surface area contributed by atoms with Crippen molar-refractivity contribution < 1.29 is 35.0 Å². The first kappa shape index (κ1) is 26.0. The highest BCUT2D eigenvalue weighted by Crippen LogP contribution is 2.34. The van der Waals surface area contributed by atoms with Gasteiger partial charge in [-0.05, 0) is 67.9 Å². The van der Waals surface area contributed by atoms with Crippen molar-refractivity contribution in [3.63, 3.8) is 0 Å². The van der Waals surface area contributed by atoms with Crippen LogP contribution in [0.25, 0.3) is 0 Å². The predicted molar refractivity (Wildman–Crippen MR) is 122 cm³/mol. The van der Waals surface area contributed by atoms with Crippen molar-refractivity contribution in [2.45, 2.75) is 37.5 Å². The van der Waals surface area contributed by atoms with Crippen LogP contribution in [0.1, 0.15) is 25.0 Å². The third-order valence-corrected chi connectivity index (χ3v) is 6.20. The number of urea groups is 1. The van der Waals surface area contributed by atoms with Crippen molar-refractivity contribution >= 4 is 21.8 Å². The van der Waals surface area contributed by atoms with Gasteiger partial charge in [-0.15, -0.1) is 0 Å². The number of nitrogens with zero attached hydrogens (tertiary/aromatic N) is 1. The zero-order valence-electron chi connectivity index (χ0n) is 18.7. The molecule has 0 saturated carbocycles. The van der Waals surface area contributed by atoms with Gasteiger partial charge in [0, 0.05) is 12.6 Å². The Morgan fingerprint density at radius 2 is 1.57 bits per heavy atom. The van der Waals surface area contributed by atoms with Crippen LogP contribution in [-0.4, -0.2) is 25.4 Å². The Morgan fingerprint density at radius 1 is 0.971 bits per heavy atom. The van der Waals surface area contributed by atoms with Gasteiger partial charge in [-0.2, -0.15) is 21.6 Å². The number of alkyl halides is 3. The minimum Gasteiger partial charge on any atom is -0.379 e. The molecule has 0 unspecified atom stereocenters. The van der Waals surface area contributed by atoms with E-state index in [1.807, 2.05) is 0 Å². The Morgan fingerprint density at radius 3 is 2.14 bits per heavy atom. The van der Waals surface area contributed by atoms with Crippen molar-refractivity contribution in [1.29, 1.82) is 0 Å². The molecule has 3 aromatic rings. The van der Waals surface area contributed by atoms with Crippen LogP contribution in [0, 0.1) is 5.82 Å². The first-order valence-corrected chi connectivity index (χ1v) is 11.8. The standard InChI is InChI=1S/C24H22F4N2O4S/c1-16(2)30(23(31)29-22-6-4-3-5-21(22)24(26,27)28)15-17-7-11-19(12-8-17)34-35(32,33)20-13-9-18(25)10-14-20/h3-14,16H,15H2,1-2H3,(H,29,31). The molecule has 186 valence electrons. The summed E-state index contributed by atoms with van der Waals surface area (Å²) in [6.45, 7) is 3.46. The molecule has 0 radical (unpaired) electrons. The minimum absolute atomic E-state index is 0.00210. The van der Waals surface area contributed by atoms with Gasteiger partial charge in [-0.3, -0.25) is 0 Å². The lowest BCUT2D eigenvalue weighted by Gasteiger charge is -2.28. The summed E-state index contributed by atoms with van der Waals surface area (Å²) < 4.78 is 82.5. The second kappa shape index (κ2) is 10.3. The first-order chi connectivity index (χ1) is 16.4. The van der Waals surface area contributed by atoms with Crippen LogP contribution in [0.15, 0.2) is 77.7 Å². The fraction of sp³-hybridized carbons (Fsp3) is 0.208. The molecule has 0 fully saturated rings. The smallest absolute Gasteiger partial charge is 0.379 e. The maximum atomic E-state index is 13.3. The summed E-state index contributed by atoms with van der Waals surface area (Å²) in [4.78, 5) is 13.9. The van der Waals surface area contributed by atoms with E-state index in [1.54, 1.807) is 13.8 Å². The zero-order chi connectivity index (χ0) is 25.8. The summed E-state index contributed by atoms with van der Waals surface area (Å²) in [7, 11) is -4.18. The van der Waals surface area contributed by atoms with E-state index in [2.05, 4.69) is 5.32 Å². The zero-order valence-corrected chi connectivity index (χ0v) is 19.5. The number of anilines is 1. The average molecular weight is 511 g/mol. The molecule has 6 nitrogen and oxygen atoms in total. The Hall–Kier alpha value is -3.60. The third kappa shape index (κ3) is 6.72. The van der Waals surface area contributed by atoms with Crippen LogP contribution in [-0.2, 0) is 22.8 Å². The molecule has 1 N–H and O–H groups in total. The molecule has 0 bridgehead atoms. The first-order valence-electron chi connectivity index (χ1n) is 10.4. The molecule has 35 heavy (non-hydrogen) atoms. The van der Waals surface area contributed by atoms with Crippen LogP contribution >= 0.6 is 0 Å². The van der Waals surface area contributed by atoms with E-state index in [4.69, 9.17) is 4.18 Å². The fourth-order valence-electron chi connectivity index (χ4n) is 3.14. The number of halogens is 4. The highest BCUT2D eigenvalue weighted by atomic mass is 32.2. The van der Waals surface area contributed by atoms with Gasteiger partial charge in [0.1, 0.15) is 16.5 Å². The van der Waals surface area contributed by atoms with E-state index >= 15 is 0 Å². The molecule has 0 spiro atoms. The average Bonchev–Trinajstić information content (AvgIpc) is 2.78. The maximum Gasteiger partial charge on any atom is 0.418 e. The predicted octanol–water partition coefficient (Wildman–Crippen LogP) is 6.05. The van der Waals surface area contributed by atoms with Crippen LogP contribution in [0.5, 0.6) is 5.75 Å². The summed E-state index contributed by atoms with van der Waals surface area (Å²) in [6.07, 6.45) is -4.63. The van der Waals surface area contributed by atoms with Gasteiger partial charge >= 0.3 is 22.3 Å². The number of hydrogen-bond donors (Lipinski definition) is 1. The molecule has 0 atom stereocenters. The molecule has 2 amide bonds. The van der Waals surface area contributed by atoms with E-state index < -0.39 is 33.7 Å². The summed E-state index contributed by atoms with van der Waals surface area (Å²) in [5.74, 6) is -0.591. The van der Waals surface area contributed by atoms with Gasteiger partial charge in [-0.1, -0.05) is 24.3 Å². The molecule has 11 heteroatoms. The SMILES string of the molecule is CC(C)N(Cc1ccc(OS(=O)(=O)c2ccc(F)cc2)cc1)C(=O)Nc1ccccc1C(F)(F)F. The molecule has 3 aromatic carbocycles. The molecule has 0 heterocycles. The number of amides is 2. The summed E-state index contributed by atoms with van der Waals surface area (Å²) in [6, 6.07) is 13.6. The number of carbonyl (C=O) groups is 1. The number of benzene rings is 3. The molecule has 3 rings (SSSR count). The Labute approximate surface area is 200 Å². The van der Waals surface area contributed by atoms with Crippen molar-refractivity contribution in [2.75, 3.05) is 5.32 Å². The fourth-order valence-corrected chi connectivity index (χ4v) is 4.07. The van der Waals surface area contributed by atoms with Crippen molar-refractivity contribution in [1.82, 2.24) is 4.90 Å². The number of rotatable bonds is 7. The largest absolute Gasteiger partial charge is 0.418 e. The molecule has 0 aliphatic heterocycles. The molecular weight excluding hydrogens is 488 g/mol. The molecule has 0 aliphatic carbocycles. The minimum atomic E-state index is -4.63. The third-order valence-electron chi connectivity index (χ3n) is 4.94. The van der Waals surface area contributed by atoms with Gasteiger partial charge in [0.2, 0.25) is 0 Å². The molecule has 0 saturated heterocycles. The van der Waals surface area contributed by atoms with Crippen LogP contribution < -0.4 is 9.50 Å². The van der Waals surface area contributed by atoms with E-state index in [9.17, 15) is 30.8 Å². The lowest BCUT2D eigenvalue weighted by Crippen LogP contribution is -2.39. The normalized spacial score (nSPS) is 11.9. The van der Waals surface area contributed by atoms with Crippen LogP contribution in [0.3, 0.4) is 0 Å². The monoisotopic (exact) mass is 510 g/mol. The Kier molecular flexibility index (Phi) is 7.69. The lowest BCUT2D eigenvalue weighted by atomic mass is 10.1. The molecule has 0 aliphatic rings. The van der Waals surface area contributed by atoms with Crippen molar-refractivity contribution in [3.8, 4) is 5.75 Å².